The number of carbonyl (C=O) groups is 2. The van der Waals surface area contributed by atoms with Crippen molar-refractivity contribution in [1.29, 1.82) is 0 Å². The van der Waals surface area contributed by atoms with E-state index in [0.717, 1.165) is 16.9 Å². The van der Waals surface area contributed by atoms with Gasteiger partial charge in [-0.25, -0.2) is 0 Å². The molecule has 1 fully saturated rings. The molecular formula is C28H21ClN4O4S2. The van der Waals surface area contributed by atoms with E-state index in [2.05, 4.69) is 15.2 Å². The van der Waals surface area contributed by atoms with Crippen molar-refractivity contribution in [2.45, 2.75) is 35.6 Å². The maximum Gasteiger partial charge on any atom is 0.301 e. The smallest absolute Gasteiger partial charge is 0.301 e. The zero-order valence-electron chi connectivity index (χ0n) is 20.6. The van der Waals surface area contributed by atoms with E-state index in [4.69, 9.17) is 16.3 Å². The summed E-state index contributed by atoms with van der Waals surface area (Å²) in [4.78, 5) is 32.3. The third kappa shape index (κ3) is 4.80. The van der Waals surface area contributed by atoms with Crippen molar-refractivity contribution in [2.75, 3.05) is 4.90 Å². The van der Waals surface area contributed by atoms with Crippen LogP contribution in [0.15, 0.2) is 76.9 Å². The summed E-state index contributed by atoms with van der Waals surface area (Å²) in [5.74, 6) is -0.530. The molecule has 2 atom stereocenters. The second-order valence-electron chi connectivity index (χ2n) is 9.14. The number of hydrogen-bond donors (Lipinski definition) is 1. The van der Waals surface area contributed by atoms with Crippen LogP contribution in [0.5, 0.6) is 5.75 Å². The van der Waals surface area contributed by atoms with Crippen LogP contribution in [0.2, 0.25) is 5.02 Å². The minimum Gasteiger partial charge on any atom is -0.507 e. The lowest BCUT2D eigenvalue weighted by atomic mass is 9.95. The maximum atomic E-state index is 13.4. The van der Waals surface area contributed by atoms with Crippen LogP contribution in [-0.4, -0.2) is 38.1 Å². The van der Waals surface area contributed by atoms with Gasteiger partial charge in [-0.2, -0.15) is 0 Å². The highest BCUT2D eigenvalue weighted by atomic mass is 35.5. The molecule has 0 saturated carbocycles. The topological polar surface area (TPSA) is 106 Å². The predicted molar refractivity (Wildman–Crippen MR) is 150 cm³/mol. The van der Waals surface area contributed by atoms with Gasteiger partial charge in [0.1, 0.15) is 17.6 Å². The lowest BCUT2D eigenvalue weighted by Crippen LogP contribution is -2.29. The summed E-state index contributed by atoms with van der Waals surface area (Å²) >= 11 is 8.91. The van der Waals surface area contributed by atoms with E-state index < -0.39 is 17.7 Å². The van der Waals surface area contributed by atoms with E-state index in [1.54, 1.807) is 42.7 Å². The Morgan fingerprint density at radius 2 is 2.03 bits per heavy atom. The van der Waals surface area contributed by atoms with Gasteiger partial charge in [-0.3, -0.25) is 19.5 Å². The fourth-order valence-corrected chi connectivity index (χ4v) is 6.87. The lowest BCUT2D eigenvalue weighted by Gasteiger charge is -2.22. The third-order valence-electron chi connectivity index (χ3n) is 6.52. The van der Waals surface area contributed by atoms with Crippen molar-refractivity contribution >= 4 is 57.3 Å². The number of Topliss-reactive ketones (excluding diaryl/α,β-unsaturated/α-hetero) is 1. The van der Waals surface area contributed by atoms with Crippen LogP contribution in [0, 0.1) is 0 Å². The molecule has 39 heavy (non-hydrogen) atoms. The van der Waals surface area contributed by atoms with Crippen molar-refractivity contribution in [3.63, 3.8) is 0 Å². The number of rotatable bonds is 6. The third-order valence-corrected chi connectivity index (χ3v) is 9.00. The van der Waals surface area contributed by atoms with Gasteiger partial charge in [0.15, 0.2) is 4.34 Å². The van der Waals surface area contributed by atoms with Gasteiger partial charge in [-0.05, 0) is 53.9 Å². The summed E-state index contributed by atoms with van der Waals surface area (Å²) < 4.78 is 6.38. The molecule has 0 spiro atoms. The molecular weight excluding hydrogens is 556 g/mol. The van der Waals surface area contributed by atoms with Crippen molar-refractivity contribution in [1.82, 2.24) is 15.2 Å². The van der Waals surface area contributed by atoms with Gasteiger partial charge in [0.05, 0.1) is 11.6 Å². The fraction of sp³-hybridized carbons (Fsp3) is 0.179. The SMILES string of the molecule is CC1Cc2cc(/C(O)=C3\C(=O)C(=O)N(c4nnc(SCc5ccccc5Cl)s4)C3c3cccnc3)ccc2O1. The molecule has 0 radical (unpaired) electrons. The molecule has 4 heterocycles. The number of aliphatic hydroxyl groups excluding tert-OH is 1. The Bertz CT molecular complexity index is 1620. The summed E-state index contributed by atoms with van der Waals surface area (Å²) in [5.41, 5.74) is 2.86. The number of benzene rings is 2. The van der Waals surface area contributed by atoms with Crippen LogP contribution in [0.3, 0.4) is 0 Å². The van der Waals surface area contributed by atoms with Gasteiger partial charge in [-0.15, -0.1) is 10.2 Å². The quantitative estimate of drug-likeness (QED) is 0.100. The molecule has 2 aliphatic heterocycles. The number of halogens is 1. The zero-order valence-corrected chi connectivity index (χ0v) is 23.0. The van der Waals surface area contributed by atoms with Crippen LogP contribution < -0.4 is 9.64 Å². The maximum absolute atomic E-state index is 13.4. The van der Waals surface area contributed by atoms with Crippen LogP contribution in [-0.2, 0) is 21.8 Å². The Hall–Kier alpha value is -3.73. The Morgan fingerprint density at radius 1 is 1.18 bits per heavy atom. The van der Waals surface area contributed by atoms with Gasteiger partial charge in [0, 0.05) is 35.2 Å². The average molecular weight is 577 g/mol. The Morgan fingerprint density at radius 3 is 2.82 bits per heavy atom. The molecule has 4 aromatic rings. The standard InChI is InChI=1S/C28H21ClN4O4S2/c1-15-11-19-12-16(8-9-21(19)37-15)24(34)22-23(17-6-4-10-30-13-17)33(26(36)25(22)35)27-31-32-28(39-27)38-14-18-5-2-3-7-20(18)29/h2-10,12-13,15,23,34H,11,14H2,1H3/b24-22+. The number of aliphatic hydroxyl groups is 1. The predicted octanol–water partition coefficient (Wildman–Crippen LogP) is 5.83. The van der Waals surface area contributed by atoms with E-state index >= 15 is 0 Å². The molecule has 0 aliphatic carbocycles. The number of anilines is 1. The highest BCUT2D eigenvalue weighted by Gasteiger charge is 2.48. The molecule has 2 aliphatic rings. The Labute approximate surface area is 237 Å². The van der Waals surface area contributed by atoms with Gasteiger partial charge in [0.2, 0.25) is 5.13 Å². The molecule has 196 valence electrons. The monoisotopic (exact) mass is 576 g/mol. The fourth-order valence-electron chi connectivity index (χ4n) is 4.72. The van der Waals surface area contributed by atoms with Crippen molar-refractivity contribution in [3.8, 4) is 5.75 Å². The largest absolute Gasteiger partial charge is 0.507 e. The molecule has 2 unspecified atom stereocenters. The molecule has 2 aromatic carbocycles. The number of carbonyl (C=O) groups excluding carboxylic acids is 2. The number of fused-ring (bicyclic) bond motifs is 1. The van der Waals surface area contributed by atoms with E-state index in [-0.39, 0.29) is 22.6 Å². The van der Waals surface area contributed by atoms with Gasteiger partial charge in [0.25, 0.3) is 5.78 Å². The minimum absolute atomic E-state index is 0.0274. The molecule has 8 nitrogen and oxygen atoms in total. The number of ketones is 1. The summed E-state index contributed by atoms with van der Waals surface area (Å²) in [7, 11) is 0. The van der Waals surface area contributed by atoms with E-state index in [0.29, 0.717) is 32.7 Å². The van der Waals surface area contributed by atoms with E-state index in [1.165, 1.54) is 28.0 Å². The molecule has 2 aromatic heterocycles. The highest BCUT2D eigenvalue weighted by molar-refractivity contribution is 8.00. The Kier molecular flexibility index (Phi) is 6.84. The highest BCUT2D eigenvalue weighted by Crippen LogP contribution is 2.44. The van der Waals surface area contributed by atoms with Crippen LogP contribution >= 0.6 is 34.7 Å². The van der Waals surface area contributed by atoms with Crippen LogP contribution in [0.4, 0.5) is 5.13 Å². The number of thioether (sulfide) groups is 1. The second kappa shape index (κ2) is 10.4. The van der Waals surface area contributed by atoms with Crippen molar-refractivity contribution in [3.05, 3.63) is 99.8 Å². The number of pyridine rings is 1. The summed E-state index contributed by atoms with van der Waals surface area (Å²) in [6, 6.07) is 15.4. The summed E-state index contributed by atoms with van der Waals surface area (Å²) in [5, 5.41) is 20.8. The lowest BCUT2D eigenvalue weighted by molar-refractivity contribution is -0.132. The molecule has 1 amide bonds. The van der Waals surface area contributed by atoms with Crippen LogP contribution in [0.1, 0.15) is 35.2 Å². The average Bonchev–Trinajstić information content (AvgIpc) is 3.63. The second-order valence-corrected chi connectivity index (χ2v) is 11.7. The number of ether oxygens (including phenoxy) is 1. The number of nitrogens with zero attached hydrogens (tertiary/aromatic N) is 4. The first-order valence-electron chi connectivity index (χ1n) is 12.1. The van der Waals surface area contributed by atoms with Crippen molar-refractivity contribution in [2.24, 2.45) is 0 Å². The Balaban J connectivity index is 1.38. The number of hydrogen-bond acceptors (Lipinski definition) is 9. The number of aromatic nitrogens is 3. The van der Waals surface area contributed by atoms with E-state index in [9.17, 15) is 14.7 Å². The normalized spacial score (nSPS) is 19.8. The van der Waals surface area contributed by atoms with Gasteiger partial charge < -0.3 is 9.84 Å². The molecule has 6 rings (SSSR count). The summed E-state index contributed by atoms with van der Waals surface area (Å²) in [6.07, 6.45) is 3.89. The first-order valence-corrected chi connectivity index (χ1v) is 14.3. The summed E-state index contributed by atoms with van der Waals surface area (Å²) in [6.45, 7) is 1.97. The minimum atomic E-state index is -0.920. The van der Waals surface area contributed by atoms with Gasteiger partial charge in [-0.1, -0.05) is 59.0 Å². The van der Waals surface area contributed by atoms with Crippen LogP contribution in [0.25, 0.3) is 5.76 Å². The number of amides is 1. The molecule has 1 N–H and O–H groups in total. The molecule has 0 bridgehead atoms. The van der Waals surface area contributed by atoms with E-state index in [1.807, 2.05) is 31.2 Å². The first-order chi connectivity index (χ1) is 18.9. The van der Waals surface area contributed by atoms with Crippen molar-refractivity contribution < 1.29 is 19.4 Å². The first kappa shape index (κ1) is 25.5. The zero-order chi connectivity index (χ0) is 27.1. The molecule has 11 heteroatoms. The van der Waals surface area contributed by atoms with Gasteiger partial charge >= 0.3 is 5.91 Å². The molecule has 1 saturated heterocycles.